The fourth-order valence-corrected chi connectivity index (χ4v) is 4.21. The fraction of sp³-hybridized carbons (Fsp3) is 0.407. The molecule has 2 N–H and O–H groups in total. The number of carbonyl (C=O) groups is 2. The molecule has 7 heteroatoms. The number of hydrogen-bond donors (Lipinski definition) is 2. The number of unbranched alkanes of at least 4 members (excludes halogenated alkanes) is 1. The topological polar surface area (TPSA) is 78.9 Å². The summed E-state index contributed by atoms with van der Waals surface area (Å²) >= 11 is 6.33. The molecule has 2 aromatic rings. The van der Waals surface area contributed by atoms with Crippen molar-refractivity contribution < 1.29 is 19.4 Å². The van der Waals surface area contributed by atoms with Crippen LogP contribution in [0.3, 0.4) is 0 Å². The van der Waals surface area contributed by atoms with Gasteiger partial charge in [-0.15, -0.1) is 0 Å². The van der Waals surface area contributed by atoms with Crippen LogP contribution in [0.5, 0.6) is 0 Å². The molecule has 34 heavy (non-hydrogen) atoms. The summed E-state index contributed by atoms with van der Waals surface area (Å²) in [6.07, 6.45) is 4.85. The predicted octanol–water partition coefficient (Wildman–Crippen LogP) is 5.65. The number of ether oxygens (including phenoxy) is 1. The van der Waals surface area contributed by atoms with Crippen LogP contribution in [0.2, 0.25) is 5.02 Å². The van der Waals surface area contributed by atoms with E-state index in [9.17, 15) is 14.7 Å². The third-order valence-electron chi connectivity index (χ3n) is 5.53. The lowest BCUT2D eigenvalue weighted by atomic mass is 10.0. The number of fused-ring (bicyclic) bond motifs is 2. The number of aliphatic carboxylic acids is 1. The number of esters is 1. The molecule has 1 heterocycles. The highest BCUT2D eigenvalue weighted by Crippen LogP contribution is 2.37. The second-order valence-corrected chi connectivity index (χ2v) is 9.84. The largest absolute Gasteiger partial charge is 0.477 e. The van der Waals surface area contributed by atoms with Crippen LogP contribution >= 0.6 is 11.6 Å². The van der Waals surface area contributed by atoms with E-state index >= 15 is 0 Å². The highest BCUT2D eigenvalue weighted by molar-refractivity contribution is 6.30. The van der Waals surface area contributed by atoms with Gasteiger partial charge in [0.15, 0.2) is 0 Å². The molecule has 1 aliphatic rings. The van der Waals surface area contributed by atoms with Gasteiger partial charge in [0.1, 0.15) is 11.3 Å². The van der Waals surface area contributed by atoms with Crippen molar-refractivity contribution in [2.75, 3.05) is 18.0 Å². The average molecular weight is 485 g/mol. The van der Waals surface area contributed by atoms with Gasteiger partial charge in [-0.3, -0.25) is 4.79 Å². The molecule has 0 aromatic heterocycles. The molecule has 0 saturated carbocycles. The maximum atomic E-state index is 11.9. The lowest BCUT2D eigenvalue weighted by molar-refractivity contribution is -0.153. The van der Waals surface area contributed by atoms with Gasteiger partial charge in [0.25, 0.3) is 0 Å². The van der Waals surface area contributed by atoms with E-state index in [1.165, 1.54) is 22.9 Å². The summed E-state index contributed by atoms with van der Waals surface area (Å²) in [5.74, 6) is -1.54. The Morgan fingerprint density at radius 1 is 1.09 bits per heavy atom. The Kier molecular flexibility index (Phi) is 8.61. The smallest absolute Gasteiger partial charge is 0.351 e. The minimum absolute atomic E-state index is 0.0168. The van der Waals surface area contributed by atoms with E-state index < -0.39 is 17.5 Å². The van der Waals surface area contributed by atoms with Gasteiger partial charge in [-0.25, -0.2) is 4.79 Å². The Morgan fingerprint density at radius 3 is 2.50 bits per heavy atom. The van der Waals surface area contributed by atoms with Crippen LogP contribution in [0, 0.1) is 0 Å². The van der Waals surface area contributed by atoms with Crippen LogP contribution in [-0.4, -0.2) is 35.7 Å². The summed E-state index contributed by atoms with van der Waals surface area (Å²) < 4.78 is 5.23. The summed E-state index contributed by atoms with van der Waals surface area (Å²) in [5, 5.41) is 13.1. The van der Waals surface area contributed by atoms with E-state index in [0.29, 0.717) is 11.6 Å². The maximum absolute atomic E-state index is 11.9. The van der Waals surface area contributed by atoms with Crippen LogP contribution < -0.4 is 10.2 Å². The molecule has 0 aliphatic carbocycles. The Hall–Kier alpha value is -2.99. The molecule has 0 fully saturated rings. The average Bonchev–Trinajstić information content (AvgIpc) is 2.91. The van der Waals surface area contributed by atoms with Crippen molar-refractivity contribution in [2.45, 2.75) is 58.5 Å². The van der Waals surface area contributed by atoms with E-state index in [4.69, 9.17) is 16.3 Å². The third kappa shape index (κ3) is 7.26. The molecule has 0 amide bonds. The quantitative estimate of drug-likeness (QED) is 0.272. The van der Waals surface area contributed by atoms with Crippen molar-refractivity contribution in [1.82, 2.24) is 5.32 Å². The number of rotatable bonds is 9. The minimum Gasteiger partial charge on any atom is -0.477 e. The normalized spacial score (nSPS) is 13.5. The lowest BCUT2D eigenvalue weighted by Crippen LogP contribution is -2.25. The van der Waals surface area contributed by atoms with Gasteiger partial charge in [0, 0.05) is 29.5 Å². The molecule has 0 atom stereocenters. The first-order valence-electron chi connectivity index (χ1n) is 11.7. The molecule has 3 rings (SSSR count). The number of anilines is 2. The highest BCUT2D eigenvalue weighted by atomic mass is 35.5. The summed E-state index contributed by atoms with van der Waals surface area (Å²) in [6, 6.07) is 14.5. The van der Waals surface area contributed by atoms with E-state index in [1.807, 2.05) is 12.1 Å². The first kappa shape index (κ1) is 25.6. The van der Waals surface area contributed by atoms with Gasteiger partial charge in [0.2, 0.25) is 0 Å². The third-order valence-corrected chi connectivity index (χ3v) is 5.77. The van der Waals surface area contributed by atoms with Crippen LogP contribution in [0.15, 0.2) is 54.2 Å². The van der Waals surface area contributed by atoms with E-state index in [0.717, 1.165) is 37.9 Å². The van der Waals surface area contributed by atoms with Gasteiger partial charge >= 0.3 is 11.9 Å². The molecule has 1 aliphatic heterocycles. The van der Waals surface area contributed by atoms with Crippen molar-refractivity contribution in [3.63, 3.8) is 0 Å². The number of carbonyl (C=O) groups excluding carboxylic acids is 1. The number of nitrogens with zero attached hydrogens (tertiary/aromatic N) is 1. The van der Waals surface area contributed by atoms with Crippen molar-refractivity contribution in [1.29, 1.82) is 0 Å². The number of para-hydroxylation sites is 1. The SMILES string of the molecule is CC(C)(C)OC(=O)C/C=C(/NCCCCN1c2ccccc2CCc2ccc(Cl)cc21)C(=O)O. The number of carboxylic acids is 1. The van der Waals surface area contributed by atoms with Gasteiger partial charge in [-0.2, -0.15) is 0 Å². The summed E-state index contributed by atoms with van der Waals surface area (Å²) in [7, 11) is 0. The number of hydrogen-bond acceptors (Lipinski definition) is 5. The van der Waals surface area contributed by atoms with Crippen LogP contribution in [0.25, 0.3) is 0 Å². The molecule has 182 valence electrons. The second kappa shape index (κ2) is 11.4. The van der Waals surface area contributed by atoms with E-state index in [2.05, 4.69) is 40.5 Å². The zero-order chi connectivity index (χ0) is 24.7. The van der Waals surface area contributed by atoms with E-state index in [-0.39, 0.29) is 12.1 Å². The van der Waals surface area contributed by atoms with Crippen molar-refractivity contribution in [3.8, 4) is 0 Å². The Bertz CT molecular complexity index is 1060. The number of halogens is 1. The fourth-order valence-electron chi connectivity index (χ4n) is 4.05. The molecule has 0 bridgehead atoms. The van der Waals surface area contributed by atoms with Crippen molar-refractivity contribution in [2.24, 2.45) is 0 Å². The van der Waals surface area contributed by atoms with Gasteiger partial charge in [0.05, 0.1) is 6.42 Å². The van der Waals surface area contributed by atoms with Crippen molar-refractivity contribution in [3.05, 3.63) is 70.4 Å². The minimum atomic E-state index is -1.09. The number of carboxylic acid groups (broad SMARTS) is 1. The molecule has 0 saturated heterocycles. The lowest BCUT2D eigenvalue weighted by Gasteiger charge is -2.27. The van der Waals surface area contributed by atoms with Crippen LogP contribution in [0.1, 0.15) is 51.2 Å². The predicted molar refractivity (Wildman–Crippen MR) is 136 cm³/mol. The summed E-state index contributed by atoms with van der Waals surface area (Å²) in [5.41, 5.74) is 4.33. The number of nitrogens with one attached hydrogen (secondary N) is 1. The standard InChI is InChI=1S/C27H33ClN2O4/c1-27(2,3)34-25(31)15-14-22(26(32)33)29-16-6-7-17-30-23-9-5-4-8-19(23)10-11-20-12-13-21(28)18-24(20)30/h4-5,8-9,12-14,18,29H,6-7,10-11,15-17H2,1-3H3,(H,32,33)/b22-14+. The number of aryl methyl sites for hydroxylation is 2. The van der Waals surface area contributed by atoms with Crippen LogP contribution in [-0.2, 0) is 27.2 Å². The molecular weight excluding hydrogens is 452 g/mol. The van der Waals surface area contributed by atoms with Crippen molar-refractivity contribution >= 4 is 34.9 Å². The van der Waals surface area contributed by atoms with E-state index in [1.54, 1.807) is 20.8 Å². The maximum Gasteiger partial charge on any atom is 0.351 e. The summed E-state index contributed by atoms with van der Waals surface area (Å²) in [6.45, 7) is 6.61. The zero-order valence-corrected chi connectivity index (χ0v) is 20.8. The molecule has 6 nitrogen and oxygen atoms in total. The van der Waals surface area contributed by atoms with Gasteiger partial charge in [-0.1, -0.05) is 35.9 Å². The monoisotopic (exact) mass is 484 g/mol. The first-order valence-corrected chi connectivity index (χ1v) is 12.0. The second-order valence-electron chi connectivity index (χ2n) is 9.40. The molecule has 2 aromatic carbocycles. The zero-order valence-electron chi connectivity index (χ0n) is 20.1. The van der Waals surface area contributed by atoms with Gasteiger partial charge in [-0.05, 0) is 81.9 Å². The highest BCUT2D eigenvalue weighted by Gasteiger charge is 2.20. The Labute approximate surface area is 206 Å². The molecular formula is C27H33ClN2O4. The molecule has 0 unspecified atom stereocenters. The Morgan fingerprint density at radius 2 is 1.79 bits per heavy atom. The summed E-state index contributed by atoms with van der Waals surface area (Å²) in [4.78, 5) is 25.8. The molecule has 0 radical (unpaired) electrons. The van der Waals surface area contributed by atoms with Gasteiger partial charge < -0.3 is 20.1 Å². The van der Waals surface area contributed by atoms with Crippen LogP contribution in [0.4, 0.5) is 11.4 Å². The molecule has 0 spiro atoms. The Balaban J connectivity index is 1.60. The number of benzene rings is 2. The first-order chi connectivity index (χ1) is 16.1.